The number of nitrogens with zero attached hydrogens (tertiary/aromatic N) is 5. The number of nitriles is 1. The zero-order valence-electron chi connectivity index (χ0n) is 15.8. The maximum absolute atomic E-state index is 13.0. The minimum Gasteiger partial charge on any atom is -0.434 e. The number of benzene rings is 1. The number of piperidine rings is 1. The Morgan fingerprint density at radius 3 is 2.83 bits per heavy atom. The van der Waals surface area contributed by atoms with Crippen LogP contribution in [0.3, 0.4) is 0 Å². The van der Waals surface area contributed by atoms with E-state index in [-0.39, 0.29) is 29.2 Å². The zero-order chi connectivity index (χ0) is 20.5. The van der Waals surface area contributed by atoms with E-state index >= 15 is 0 Å². The number of para-hydroxylation sites is 1. The van der Waals surface area contributed by atoms with Gasteiger partial charge in [0.2, 0.25) is 5.95 Å². The van der Waals surface area contributed by atoms with Crippen LogP contribution < -0.4 is 9.64 Å². The Labute approximate surface area is 166 Å². The number of rotatable bonds is 4. The standard InChI is InChI=1S/C20H19F2N5O2/c1-12-6-14(8-23)25-20(24-12)27-10-13-7-15(27)11-26(9-13)18(28)16-4-2-3-5-17(16)29-19(21)22/h2-6,13,15,19H,7,9-11H2,1H3. The van der Waals surface area contributed by atoms with Crippen LogP contribution >= 0.6 is 0 Å². The molecule has 2 unspecified atom stereocenters. The maximum atomic E-state index is 13.0. The molecule has 1 amide bonds. The monoisotopic (exact) mass is 399 g/mol. The average molecular weight is 399 g/mol. The first-order valence-corrected chi connectivity index (χ1v) is 9.30. The molecule has 0 saturated carbocycles. The largest absolute Gasteiger partial charge is 0.434 e. The van der Waals surface area contributed by atoms with Gasteiger partial charge in [0.05, 0.1) is 5.56 Å². The highest BCUT2D eigenvalue weighted by Gasteiger charge is 2.41. The van der Waals surface area contributed by atoms with Gasteiger partial charge in [0.15, 0.2) is 0 Å². The van der Waals surface area contributed by atoms with E-state index in [2.05, 4.69) is 14.7 Å². The summed E-state index contributed by atoms with van der Waals surface area (Å²) in [7, 11) is 0. The average Bonchev–Trinajstić information content (AvgIpc) is 3.00. The Morgan fingerprint density at radius 1 is 1.28 bits per heavy atom. The van der Waals surface area contributed by atoms with Gasteiger partial charge in [-0.3, -0.25) is 4.79 Å². The van der Waals surface area contributed by atoms with Crippen molar-refractivity contribution in [1.29, 1.82) is 5.26 Å². The summed E-state index contributed by atoms with van der Waals surface area (Å²) in [6, 6.07) is 9.72. The molecule has 9 heteroatoms. The Hall–Kier alpha value is -3.28. The highest BCUT2D eigenvalue weighted by atomic mass is 19.3. The third kappa shape index (κ3) is 3.83. The minimum absolute atomic E-state index is 0.00854. The lowest BCUT2D eigenvalue weighted by molar-refractivity contribution is -0.0503. The molecule has 4 rings (SSSR count). The molecule has 2 fully saturated rings. The molecule has 0 aliphatic carbocycles. The summed E-state index contributed by atoms with van der Waals surface area (Å²) in [5.74, 6) is 0.254. The molecule has 7 nitrogen and oxygen atoms in total. The molecule has 2 aliphatic rings. The Bertz CT molecular complexity index is 978. The molecule has 0 radical (unpaired) electrons. The fourth-order valence-corrected chi connectivity index (χ4v) is 4.12. The van der Waals surface area contributed by atoms with Gasteiger partial charge in [-0.2, -0.15) is 14.0 Å². The van der Waals surface area contributed by atoms with Gasteiger partial charge in [0, 0.05) is 31.4 Å². The van der Waals surface area contributed by atoms with Crippen molar-refractivity contribution < 1.29 is 18.3 Å². The lowest BCUT2D eigenvalue weighted by Gasteiger charge is -2.33. The van der Waals surface area contributed by atoms with Gasteiger partial charge in [0.1, 0.15) is 17.5 Å². The van der Waals surface area contributed by atoms with Crippen LogP contribution in [0, 0.1) is 24.2 Å². The van der Waals surface area contributed by atoms with Crippen molar-refractivity contribution in [1.82, 2.24) is 14.9 Å². The van der Waals surface area contributed by atoms with Gasteiger partial charge < -0.3 is 14.5 Å². The number of amides is 1. The first kappa shape index (κ1) is 19.1. The third-order valence-electron chi connectivity index (χ3n) is 5.25. The Morgan fingerprint density at radius 2 is 2.07 bits per heavy atom. The number of carbonyl (C=O) groups excluding carboxylic acids is 1. The van der Waals surface area contributed by atoms with Gasteiger partial charge >= 0.3 is 6.61 Å². The number of hydrogen-bond donors (Lipinski definition) is 0. The molecule has 3 heterocycles. The summed E-state index contributed by atoms with van der Waals surface area (Å²) < 4.78 is 29.9. The summed E-state index contributed by atoms with van der Waals surface area (Å²) in [6.45, 7) is 0.440. The topological polar surface area (TPSA) is 82.4 Å². The van der Waals surface area contributed by atoms with Crippen LogP contribution in [0.2, 0.25) is 0 Å². The van der Waals surface area contributed by atoms with E-state index in [1.165, 1.54) is 12.1 Å². The zero-order valence-corrected chi connectivity index (χ0v) is 15.8. The number of halogens is 2. The van der Waals surface area contributed by atoms with E-state index in [1.807, 2.05) is 17.9 Å². The van der Waals surface area contributed by atoms with Crippen molar-refractivity contribution in [2.75, 3.05) is 24.5 Å². The van der Waals surface area contributed by atoms with Crippen LogP contribution in [-0.4, -0.2) is 53.1 Å². The normalized spacial score (nSPS) is 20.7. The van der Waals surface area contributed by atoms with E-state index in [0.717, 1.165) is 6.42 Å². The molecule has 0 spiro atoms. The van der Waals surface area contributed by atoms with E-state index in [9.17, 15) is 13.6 Å². The number of aromatic nitrogens is 2. The van der Waals surface area contributed by atoms with Crippen LogP contribution in [0.1, 0.15) is 28.2 Å². The number of ether oxygens (including phenoxy) is 1. The number of hydrogen-bond acceptors (Lipinski definition) is 6. The third-order valence-corrected chi connectivity index (χ3v) is 5.25. The predicted molar refractivity (Wildman–Crippen MR) is 99.7 cm³/mol. The maximum Gasteiger partial charge on any atom is 0.387 e. The summed E-state index contributed by atoms with van der Waals surface area (Å²) in [5.41, 5.74) is 1.14. The number of alkyl halides is 2. The fourth-order valence-electron chi connectivity index (χ4n) is 4.12. The second-order valence-electron chi connectivity index (χ2n) is 7.30. The molecular weight excluding hydrogens is 380 g/mol. The second-order valence-corrected chi connectivity index (χ2v) is 7.30. The molecule has 2 saturated heterocycles. The van der Waals surface area contributed by atoms with Gasteiger partial charge in [0.25, 0.3) is 5.91 Å². The van der Waals surface area contributed by atoms with Crippen molar-refractivity contribution in [2.45, 2.75) is 26.0 Å². The van der Waals surface area contributed by atoms with Gasteiger partial charge in [-0.15, -0.1) is 0 Å². The molecule has 2 bridgehead atoms. The van der Waals surface area contributed by atoms with Crippen molar-refractivity contribution in [3.05, 3.63) is 47.3 Å². The SMILES string of the molecule is Cc1cc(C#N)nc(N2CC3CC2CN(C(=O)c2ccccc2OC(F)F)C3)n1. The van der Waals surface area contributed by atoms with Crippen LogP contribution in [0.25, 0.3) is 0 Å². The number of aryl methyl sites for hydroxylation is 1. The van der Waals surface area contributed by atoms with E-state index in [1.54, 1.807) is 23.1 Å². The van der Waals surface area contributed by atoms with E-state index in [4.69, 9.17) is 5.26 Å². The molecule has 2 aliphatic heterocycles. The van der Waals surface area contributed by atoms with Crippen molar-refractivity contribution >= 4 is 11.9 Å². The second kappa shape index (κ2) is 7.62. The molecule has 150 valence electrons. The first-order chi connectivity index (χ1) is 13.9. The number of anilines is 1. The molecule has 1 aromatic carbocycles. The fraction of sp³-hybridized carbons (Fsp3) is 0.400. The molecule has 29 heavy (non-hydrogen) atoms. The molecule has 1 aromatic heterocycles. The molecular formula is C20H19F2N5O2. The molecule has 0 N–H and O–H groups in total. The van der Waals surface area contributed by atoms with Crippen molar-refractivity contribution in [3.63, 3.8) is 0 Å². The van der Waals surface area contributed by atoms with Gasteiger partial charge in [-0.1, -0.05) is 12.1 Å². The van der Waals surface area contributed by atoms with Crippen LogP contribution in [0.4, 0.5) is 14.7 Å². The lowest BCUT2D eigenvalue weighted by atomic mass is 9.99. The number of fused-ring (bicyclic) bond motifs is 2. The predicted octanol–water partition coefficient (Wildman–Crippen LogP) is 2.61. The lowest BCUT2D eigenvalue weighted by Crippen LogP contribution is -2.45. The summed E-state index contributed by atoms with van der Waals surface area (Å²) in [5, 5.41) is 9.17. The minimum atomic E-state index is -3.00. The molecule has 2 aromatic rings. The van der Waals surface area contributed by atoms with E-state index in [0.29, 0.717) is 37.0 Å². The summed E-state index contributed by atoms with van der Waals surface area (Å²) >= 11 is 0. The highest BCUT2D eigenvalue weighted by molar-refractivity contribution is 5.97. The van der Waals surface area contributed by atoms with Crippen LogP contribution in [0.5, 0.6) is 5.75 Å². The van der Waals surface area contributed by atoms with E-state index < -0.39 is 6.61 Å². The van der Waals surface area contributed by atoms with Crippen LogP contribution in [0.15, 0.2) is 30.3 Å². The van der Waals surface area contributed by atoms with Crippen molar-refractivity contribution in [3.8, 4) is 11.8 Å². The van der Waals surface area contributed by atoms with Gasteiger partial charge in [-0.05, 0) is 37.5 Å². The highest BCUT2D eigenvalue weighted by Crippen LogP contribution is 2.34. The Balaban J connectivity index is 1.55. The summed E-state index contributed by atoms with van der Waals surface area (Å²) in [6.07, 6.45) is 0.887. The number of carbonyl (C=O) groups is 1. The van der Waals surface area contributed by atoms with Crippen molar-refractivity contribution in [2.24, 2.45) is 5.92 Å². The Kier molecular flexibility index (Phi) is 5.01. The quantitative estimate of drug-likeness (QED) is 0.786. The van der Waals surface area contributed by atoms with Crippen LogP contribution in [-0.2, 0) is 0 Å². The molecule has 2 atom stereocenters. The first-order valence-electron chi connectivity index (χ1n) is 9.30. The number of likely N-dealkylation sites (tertiary alicyclic amines) is 1. The van der Waals surface area contributed by atoms with Gasteiger partial charge in [-0.25, -0.2) is 9.97 Å². The smallest absolute Gasteiger partial charge is 0.387 e. The summed E-state index contributed by atoms with van der Waals surface area (Å²) in [4.78, 5) is 25.5.